The van der Waals surface area contributed by atoms with Crippen LogP contribution >= 0.6 is 0 Å². The van der Waals surface area contributed by atoms with Gasteiger partial charge in [0.1, 0.15) is 16.5 Å². The van der Waals surface area contributed by atoms with Gasteiger partial charge in [-0.2, -0.15) is 4.31 Å². The Hall–Kier alpha value is -2.17. The van der Waals surface area contributed by atoms with Crippen LogP contribution in [0.3, 0.4) is 0 Å². The lowest BCUT2D eigenvalue weighted by Gasteiger charge is -2.19. The zero-order chi connectivity index (χ0) is 20.4. The zero-order valence-corrected chi connectivity index (χ0v) is 16.9. The van der Waals surface area contributed by atoms with E-state index in [2.05, 4.69) is 4.72 Å². The highest BCUT2D eigenvalue weighted by Gasteiger charge is 2.30. The molecular weight excluding hydrogens is 407 g/mol. The third kappa shape index (κ3) is 4.29. The summed E-state index contributed by atoms with van der Waals surface area (Å²) in [5, 5.41) is 0. The van der Waals surface area contributed by atoms with Gasteiger partial charge in [0, 0.05) is 13.1 Å². The molecule has 1 aliphatic rings. The Morgan fingerprint density at radius 1 is 1.04 bits per heavy atom. The van der Waals surface area contributed by atoms with Gasteiger partial charge in [0.15, 0.2) is 0 Å². The lowest BCUT2D eigenvalue weighted by Crippen LogP contribution is -2.28. The van der Waals surface area contributed by atoms with Crippen molar-refractivity contribution in [2.75, 3.05) is 24.4 Å². The summed E-state index contributed by atoms with van der Waals surface area (Å²) in [5.41, 5.74) is 0.0746. The van der Waals surface area contributed by atoms with Crippen molar-refractivity contribution in [2.24, 2.45) is 0 Å². The average Bonchev–Trinajstić information content (AvgIpc) is 3.19. The maximum Gasteiger partial charge on any atom is 0.261 e. The van der Waals surface area contributed by atoms with Crippen LogP contribution in [0.1, 0.15) is 19.8 Å². The molecule has 0 saturated carbocycles. The maximum absolute atomic E-state index is 13.1. The van der Waals surface area contributed by atoms with Gasteiger partial charge in [-0.25, -0.2) is 21.2 Å². The number of sulfonamides is 2. The predicted octanol–water partition coefficient (Wildman–Crippen LogP) is 2.81. The number of hydrogen-bond donors (Lipinski definition) is 1. The first-order valence-electron chi connectivity index (χ1n) is 8.79. The Kier molecular flexibility index (Phi) is 5.92. The number of ether oxygens (including phenoxy) is 1. The van der Waals surface area contributed by atoms with E-state index in [0.29, 0.717) is 13.1 Å². The first-order chi connectivity index (χ1) is 13.2. The fourth-order valence-corrected chi connectivity index (χ4v) is 5.67. The van der Waals surface area contributed by atoms with Gasteiger partial charge >= 0.3 is 0 Å². The van der Waals surface area contributed by atoms with Crippen molar-refractivity contribution in [3.05, 3.63) is 48.3 Å². The summed E-state index contributed by atoms with van der Waals surface area (Å²) in [6, 6.07) is 8.44. The van der Waals surface area contributed by atoms with Gasteiger partial charge in [0.25, 0.3) is 10.0 Å². The summed E-state index contributed by atoms with van der Waals surface area (Å²) >= 11 is 0. The molecule has 1 fully saturated rings. The molecule has 2 aromatic rings. The fraction of sp³-hybridized carbons (Fsp3) is 0.333. The van der Waals surface area contributed by atoms with E-state index in [1.807, 2.05) is 0 Å². The van der Waals surface area contributed by atoms with Crippen LogP contribution < -0.4 is 9.46 Å². The molecule has 0 atom stereocenters. The highest BCUT2D eigenvalue weighted by Crippen LogP contribution is 2.32. The van der Waals surface area contributed by atoms with Crippen molar-refractivity contribution in [3.63, 3.8) is 0 Å². The molecule has 0 aromatic heterocycles. The lowest BCUT2D eigenvalue weighted by atomic mass is 10.3. The van der Waals surface area contributed by atoms with Crippen LogP contribution in [0.15, 0.2) is 52.3 Å². The number of nitrogens with one attached hydrogen (secondary N) is 1. The third-order valence-corrected chi connectivity index (χ3v) is 7.62. The Bertz CT molecular complexity index is 1050. The first-order valence-corrected chi connectivity index (χ1v) is 11.7. The van der Waals surface area contributed by atoms with E-state index in [-0.39, 0.29) is 27.8 Å². The first kappa shape index (κ1) is 20.6. The smallest absolute Gasteiger partial charge is 0.261 e. The summed E-state index contributed by atoms with van der Waals surface area (Å²) in [6.07, 6.45) is 1.56. The van der Waals surface area contributed by atoms with Crippen molar-refractivity contribution in [1.82, 2.24) is 4.31 Å². The molecule has 0 radical (unpaired) electrons. The molecule has 10 heteroatoms. The van der Waals surface area contributed by atoms with Gasteiger partial charge in [0.05, 0.1) is 17.2 Å². The minimum Gasteiger partial charge on any atom is -0.492 e. The molecule has 0 spiro atoms. The second-order valence-electron chi connectivity index (χ2n) is 6.27. The molecule has 0 unspecified atom stereocenters. The number of rotatable bonds is 7. The van der Waals surface area contributed by atoms with Gasteiger partial charge in [-0.15, -0.1) is 0 Å². The van der Waals surface area contributed by atoms with E-state index in [0.717, 1.165) is 37.1 Å². The summed E-state index contributed by atoms with van der Waals surface area (Å²) < 4.78 is 73.2. The Balaban J connectivity index is 1.98. The quantitative estimate of drug-likeness (QED) is 0.732. The number of halogens is 1. The molecule has 1 aliphatic heterocycles. The summed E-state index contributed by atoms with van der Waals surface area (Å²) in [5.74, 6) is -0.391. The summed E-state index contributed by atoms with van der Waals surface area (Å²) in [6.45, 7) is 2.83. The van der Waals surface area contributed by atoms with Gasteiger partial charge in [-0.3, -0.25) is 4.72 Å². The predicted molar refractivity (Wildman–Crippen MR) is 103 cm³/mol. The zero-order valence-electron chi connectivity index (χ0n) is 15.3. The van der Waals surface area contributed by atoms with Crippen molar-refractivity contribution in [1.29, 1.82) is 0 Å². The van der Waals surface area contributed by atoms with Crippen LogP contribution in [0, 0.1) is 5.82 Å². The van der Waals surface area contributed by atoms with Crippen molar-refractivity contribution in [3.8, 4) is 5.75 Å². The molecule has 0 bridgehead atoms. The third-order valence-electron chi connectivity index (χ3n) is 4.30. The van der Waals surface area contributed by atoms with E-state index in [1.54, 1.807) is 6.92 Å². The topological polar surface area (TPSA) is 92.8 Å². The van der Waals surface area contributed by atoms with E-state index in [9.17, 15) is 21.2 Å². The Morgan fingerprint density at radius 2 is 1.68 bits per heavy atom. The normalized spacial score (nSPS) is 15.5. The molecule has 1 saturated heterocycles. The summed E-state index contributed by atoms with van der Waals surface area (Å²) in [4.78, 5) is -0.220. The molecule has 152 valence electrons. The monoisotopic (exact) mass is 428 g/mol. The molecular formula is C18H21FN2O5S2. The highest BCUT2D eigenvalue weighted by atomic mass is 32.2. The number of anilines is 1. The van der Waals surface area contributed by atoms with Crippen LogP contribution in [0.25, 0.3) is 0 Å². The largest absolute Gasteiger partial charge is 0.492 e. The minimum atomic E-state index is -4.00. The van der Waals surface area contributed by atoms with Crippen LogP contribution in [-0.4, -0.2) is 40.8 Å². The lowest BCUT2D eigenvalue weighted by molar-refractivity contribution is 0.330. The molecule has 0 amide bonds. The highest BCUT2D eigenvalue weighted by molar-refractivity contribution is 7.92. The van der Waals surface area contributed by atoms with Gasteiger partial charge in [-0.05, 0) is 62.2 Å². The number of hydrogen-bond acceptors (Lipinski definition) is 5. The molecule has 0 aliphatic carbocycles. The Labute approximate surface area is 164 Å². The van der Waals surface area contributed by atoms with E-state index in [4.69, 9.17) is 4.74 Å². The van der Waals surface area contributed by atoms with E-state index in [1.165, 1.54) is 22.5 Å². The molecule has 1 N–H and O–H groups in total. The van der Waals surface area contributed by atoms with Crippen LogP contribution in [0.5, 0.6) is 5.75 Å². The standard InChI is InChI=1S/C18H21FN2O5S2/c1-2-26-17-10-7-15(13-18(17)28(24,25)21-11-3-4-12-21)20-27(22,23)16-8-5-14(19)6-9-16/h5-10,13,20H,2-4,11-12H2,1H3. The number of nitrogens with zero attached hydrogens (tertiary/aromatic N) is 1. The molecule has 28 heavy (non-hydrogen) atoms. The summed E-state index contributed by atoms with van der Waals surface area (Å²) in [7, 11) is -7.82. The van der Waals surface area contributed by atoms with E-state index < -0.39 is 25.9 Å². The van der Waals surface area contributed by atoms with E-state index >= 15 is 0 Å². The fourth-order valence-electron chi connectivity index (χ4n) is 2.94. The average molecular weight is 429 g/mol. The molecule has 7 nitrogen and oxygen atoms in total. The van der Waals surface area contributed by atoms with Gasteiger partial charge in [-0.1, -0.05) is 0 Å². The minimum absolute atomic E-state index is 0.0746. The van der Waals surface area contributed by atoms with Crippen LogP contribution in [0.4, 0.5) is 10.1 Å². The second-order valence-corrected chi connectivity index (χ2v) is 9.85. The molecule has 2 aromatic carbocycles. The van der Waals surface area contributed by atoms with Crippen LogP contribution in [0.2, 0.25) is 0 Å². The van der Waals surface area contributed by atoms with Crippen molar-refractivity contribution >= 4 is 25.7 Å². The number of benzene rings is 2. The molecule has 3 rings (SSSR count). The van der Waals surface area contributed by atoms with Crippen molar-refractivity contribution in [2.45, 2.75) is 29.6 Å². The second kappa shape index (κ2) is 8.06. The molecule has 1 heterocycles. The van der Waals surface area contributed by atoms with Gasteiger partial charge < -0.3 is 4.74 Å². The Morgan fingerprint density at radius 3 is 2.29 bits per heavy atom. The van der Waals surface area contributed by atoms with Crippen LogP contribution in [-0.2, 0) is 20.0 Å². The maximum atomic E-state index is 13.1. The van der Waals surface area contributed by atoms with Crippen molar-refractivity contribution < 1.29 is 26.0 Å². The SMILES string of the molecule is CCOc1ccc(NS(=O)(=O)c2ccc(F)cc2)cc1S(=O)(=O)N1CCCC1. The van der Waals surface area contributed by atoms with Gasteiger partial charge in [0.2, 0.25) is 10.0 Å².